The second-order valence-electron chi connectivity index (χ2n) is 3.17. The molecule has 0 aliphatic carbocycles. The van der Waals surface area contributed by atoms with E-state index in [0.29, 0.717) is 4.47 Å². The van der Waals surface area contributed by atoms with Crippen LogP contribution in [0.25, 0.3) is 0 Å². The Kier molecular flexibility index (Phi) is 5.09. The molecule has 0 amide bonds. The molecule has 0 heterocycles. The highest BCUT2D eigenvalue weighted by Gasteiger charge is 2.31. The second-order valence-corrected chi connectivity index (χ2v) is 6.56. The van der Waals surface area contributed by atoms with Crippen molar-refractivity contribution in [3.63, 3.8) is 0 Å². The first kappa shape index (κ1) is 15.0. The van der Waals surface area contributed by atoms with Crippen molar-refractivity contribution >= 4 is 49.4 Å². The summed E-state index contributed by atoms with van der Waals surface area (Å²) in [6.45, 7) is 1.57. The lowest BCUT2D eigenvalue weighted by atomic mass is 10.1. The minimum absolute atomic E-state index is 0.0612. The van der Waals surface area contributed by atoms with Crippen molar-refractivity contribution in [3.05, 3.63) is 28.2 Å². The van der Waals surface area contributed by atoms with E-state index in [9.17, 15) is 18.0 Å². The summed E-state index contributed by atoms with van der Waals surface area (Å²) in [7, 11) is 0. The van der Waals surface area contributed by atoms with E-state index in [1.807, 2.05) is 0 Å². The molecule has 0 aliphatic heterocycles. The molecule has 0 saturated carbocycles. The predicted molar refractivity (Wildman–Crippen MR) is 68.8 cm³/mol. The van der Waals surface area contributed by atoms with Crippen LogP contribution in [0.5, 0.6) is 0 Å². The van der Waals surface area contributed by atoms with Crippen LogP contribution in [0.15, 0.2) is 27.6 Å². The van der Waals surface area contributed by atoms with Crippen LogP contribution in [0.4, 0.5) is 13.2 Å². The molecule has 7 heteroatoms. The van der Waals surface area contributed by atoms with E-state index in [2.05, 4.69) is 31.9 Å². The lowest BCUT2D eigenvalue weighted by Gasteiger charge is -2.11. The van der Waals surface area contributed by atoms with Gasteiger partial charge in [-0.2, -0.15) is 13.2 Å². The fraction of sp³-hybridized carbons (Fsp3) is 0.300. The molecule has 0 aromatic heterocycles. The van der Waals surface area contributed by atoms with Crippen molar-refractivity contribution in [1.29, 1.82) is 0 Å². The largest absolute Gasteiger partial charge is 0.446 e. The molecule has 17 heavy (non-hydrogen) atoms. The second kappa shape index (κ2) is 5.75. The van der Waals surface area contributed by atoms with Gasteiger partial charge in [-0.25, -0.2) is 0 Å². The van der Waals surface area contributed by atoms with E-state index in [4.69, 9.17) is 0 Å². The number of Topliss-reactive ketones (excluding diaryl/α,β-unsaturated/α-hetero) is 1. The van der Waals surface area contributed by atoms with Gasteiger partial charge in [-0.3, -0.25) is 4.79 Å². The Balaban J connectivity index is 3.17. The average molecular weight is 392 g/mol. The maximum absolute atomic E-state index is 12.3. The zero-order valence-corrected chi connectivity index (χ0v) is 12.5. The van der Waals surface area contributed by atoms with Crippen LogP contribution in [-0.2, 0) is 0 Å². The van der Waals surface area contributed by atoms with Gasteiger partial charge < -0.3 is 0 Å². The summed E-state index contributed by atoms with van der Waals surface area (Å²) in [5.41, 5.74) is -4.34. The van der Waals surface area contributed by atoms with Gasteiger partial charge >= 0.3 is 5.51 Å². The van der Waals surface area contributed by atoms with Crippen LogP contribution < -0.4 is 0 Å². The summed E-state index contributed by atoms with van der Waals surface area (Å²) < 4.78 is 37.5. The Hall–Kier alpha value is -0.0100. The molecule has 0 bridgehead atoms. The smallest absolute Gasteiger partial charge is 0.293 e. The summed E-state index contributed by atoms with van der Waals surface area (Å²) in [6.07, 6.45) is 0. The number of carbonyl (C=O) groups excluding carboxylic acids is 1. The molecular formula is C10H7Br2F3OS. The number of rotatable bonds is 3. The van der Waals surface area contributed by atoms with E-state index in [1.54, 1.807) is 6.92 Å². The molecule has 0 fully saturated rings. The third-order valence-corrected chi connectivity index (χ3v) is 3.51. The number of halogens is 5. The molecule has 1 unspecified atom stereocenters. The highest BCUT2D eigenvalue weighted by atomic mass is 79.9. The molecule has 1 atom stereocenters. The average Bonchev–Trinajstić information content (AvgIpc) is 2.17. The number of benzene rings is 1. The van der Waals surface area contributed by atoms with Crippen molar-refractivity contribution in [1.82, 2.24) is 0 Å². The molecular weight excluding hydrogens is 385 g/mol. The predicted octanol–water partition coefficient (Wildman–Crippen LogP) is 5.03. The van der Waals surface area contributed by atoms with Gasteiger partial charge in [-0.15, -0.1) is 0 Å². The van der Waals surface area contributed by atoms with Crippen molar-refractivity contribution < 1.29 is 18.0 Å². The van der Waals surface area contributed by atoms with Crippen molar-refractivity contribution in [2.24, 2.45) is 0 Å². The van der Waals surface area contributed by atoms with Crippen LogP contribution in [-0.4, -0.2) is 16.1 Å². The summed E-state index contributed by atoms with van der Waals surface area (Å²) in [6, 6.07) is 4.16. The molecule has 94 valence electrons. The van der Waals surface area contributed by atoms with Crippen LogP contribution in [0.1, 0.15) is 17.3 Å². The number of hydrogen-bond acceptors (Lipinski definition) is 2. The first-order chi connectivity index (χ1) is 7.70. The first-order valence-corrected chi connectivity index (χ1v) is 6.97. The van der Waals surface area contributed by atoms with Crippen molar-refractivity contribution in [2.45, 2.75) is 22.2 Å². The fourth-order valence-electron chi connectivity index (χ4n) is 1.12. The van der Waals surface area contributed by atoms with Gasteiger partial charge in [0, 0.05) is 14.9 Å². The lowest BCUT2D eigenvalue weighted by Crippen LogP contribution is -2.12. The quantitative estimate of drug-likeness (QED) is 0.408. The number of thioether (sulfide) groups is 1. The third kappa shape index (κ3) is 4.63. The third-order valence-electron chi connectivity index (χ3n) is 1.79. The van der Waals surface area contributed by atoms with Gasteiger partial charge in [0.05, 0.1) is 4.83 Å². The Morgan fingerprint density at radius 2 is 2.00 bits per heavy atom. The van der Waals surface area contributed by atoms with Crippen LogP contribution in [0, 0.1) is 0 Å². The van der Waals surface area contributed by atoms with Gasteiger partial charge in [0.15, 0.2) is 5.78 Å². The van der Waals surface area contributed by atoms with Gasteiger partial charge in [0.1, 0.15) is 0 Å². The van der Waals surface area contributed by atoms with Crippen LogP contribution >= 0.6 is 43.6 Å². The number of hydrogen-bond donors (Lipinski definition) is 0. The van der Waals surface area contributed by atoms with Gasteiger partial charge in [-0.1, -0.05) is 31.9 Å². The number of carbonyl (C=O) groups is 1. The van der Waals surface area contributed by atoms with Crippen LogP contribution in [0.3, 0.4) is 0 Å². The van der Waals surface area contributed by atoms with E-state index in [1.165, 1.54) is 18.2 Å². The summed E-state index contributed by atoms with van der Waals surface area (Å²) >= 11 is 5.91. The van der Waals surface area contributed by atoms with E-state index in [-0.39, 0.29) is 28.0 Å². The van der Waals surface area contributed by atoms with Gasteiger partial charge in [-0.05, 0) is 36.9 Å². The van der Waals surface area contributed by atoms with Gasteiger partial charge in [0.2, 0.25) is 0 Å². The SMILES string of the molecule is CC(Br)C(=O)c1cc(Br)ccc1SC(F)(F)F. The molecule has 0 aliphatic rings. The van der Waals surface area contributed by atoms with Crippen molar-refractivity contribution in [3.8, 4) is 0 Å². The fourth-order valence-corrected chi connectivity index (χ4v) is 2.39. The summed E-state index contributed by atoms with van der Waals surface area (Å²) in [5, 5.41) is 0. The molecule has 1 rings (SSSR count). The highest BCUT2D eigenvalue weighted by Crippen LogP contribution is 2.39. The Morgan fingerprint density at radius 1 is 1.41 bits per heavy atom. The topological polar surface area (TPSA) is 17.1 Å². The molecule has 0 spiro atoms. The minimum Gasteiger partial charge on any atom is -0.293 e. The first-order valence-electron chi connectivity index (χ1n) is 4.44. The molecule has 0 N–H and O–H groups in total. The Labute approximate surface area is 117 Å². The van der Waals surface area contributed by atoms with E-state index in [0.717, 1.165) is 0 Å². The zero-order chi connectivity index (χ0) is 13.2. The summed E-state index contributed by atoms with van der Waals surface area (Å²) in [4.78, 5) is 11.1. The number of ketones is 1. The lowest BCUT2D eigenvalue weighted by molar-refractivity contribution is -0.0328. The Morgan fingerprint density at radius 3 is 2.47 bits per heavy atom. The number of alkyl halides is 4. The zero-order valence-electron chi connectivity index (χ0n) is 8.52. The standard InChI is InChI=1S/C10H7Br2F3OS/c1-5(11)9(16)7-4-6(12)2-3-8(7)17-10(13,14)15/h2-5H,1H3. The summed E-state index contributed by atoms with van der Waals surface area (Å²) in [5.74, 6) is -0.377. The molecule has 1 nitrogen and oxygen atoms in total. The normalized spacial score (nSPS) is 13.5. The van der Waals surface area contributed by atoms with Crippen LogP contribution in [0.2, 0.25) is 0 Å². The maximum Gasteiger partial charge on any atom is 0.446 e. The van der Waals surface area contributed by atoms with Gasteiger partial charge in [0.25, 0.3) is 0 Å². The minimum atomic E-state index is -4.40. The highest BCUT2D eigenvalue weighted by molar-refractivity contribution is 9.10. The molecule has 0 radical (unpaired) electrons. The molecule has 1 aromatic rings. The van der Waals surface area contributed by atoms with E-state index < -0.39 is 10.3 Å². The van der Waals surface area contributed by atoms with Crippen molar-refractivity contribution in [2.75, 3.05) is 0 Å². The monoisotopic (exact) mass is 390 g/mol. The van der Waals surface area contributed by atoms with E-state index >= 15 is 0 Å². The maximum atomic E-state index is 12.3. The molecule has 1 aromatic carbocycles. The molecule has 0 saturated heterocycles. The Bertz CT molecular complexity index is 432.